The summed E-state index contributed by atoms with van der Waals surface area (Å²) in [6, 6.07) is 26.4. The standard InChI is InChI=1S/C22H16N2O3/c23-15-16-5-4-8-20(13-16)26-22-14-21(27-24-22)17-9-11-19(12-10-17)25-18-6-2-1-3-7-18/h1-13,21H,14H2/t21-/m1/s1. The predicted octanol–water partition coefficient (Wildman–Crippen LogP) is 5.20. The van der Waals surface area contributed by atoms with Gasteiger partial charge < -0.3 is 14.3 Å². The monoisotopic (exact) mass is 356 g/mol. The molecule has 1 heterocycles. The van der Waals surface area contributed by atoms with Crippen LogP contribution in [0.25, 0.3) is 0 Å². The van der Waals surface area contributed by atoms with Crippen molar-refractivity contribution in [3.8, 4) is 23.3 Å². The minimum absolute atomic E-state index is 0.204. The average molecular weight is 356 g/mol. The Balaban J connectivity index is 1.37. The molecule has 0 saturated carbocycles. The van der Waals surface area contributed by atoms with Crippen molar-refractivity contribution >= 4 is 5.90 Å². The lowest BCUT2D eigenvalue weighted by molar-refractivity contribution is 0.0855. The van der Waals surface area contributed by atoms with Gasteiger partial charge in [-0.1, -0.05) is 41.6 Å². The van der Waals surface area contributed by atoms with E-state index in [0.29, 0.717) is 23.6 Å². The maximum absolute atomic E-state index is 8.96. The van der Waals surface area contributed by atoms with Gasteiger partial charge in [0.05, 0.1) is 18.1 Å². The summed E-state index contributed by atoms with van der Waals surface area (Å²) in [4.78, 5) is 5.50. The van der Waals surface area contributed by atoms with Gasteiger partial charge in [-0.05, 0) is 48.0 Å². The molecule has 0 unspecified atom stereocenters. The number of para-hydroxylation sites is 1. The van der Waals surface area contributed by atoms with Crippen LogP contribution in [-0.4, -0.2) is 5.90 Å². The van der Waals surface area contributed by atoms with Gasteiger partial charge in [-0.2, -0.15) is 5.26 Å². The van der Waals surface area contributed by atoms with Gasteiger partial charge in [0.1, 0.15) is 17.2 Å². The first-order valence-corrected chi connectivity index (χ1v) is 8.54. The highest BCUT2D eigenvalue weighted by molar-refractivity contribution is 5.80. The molecule has 0 radical (unpaired) electrons. The Kier molecular flexibility index (Phi) is 4.71. The molecule has 5 nitrogen and oxygen atoms in total. The maximum atomic E-state index is 8.96. The van der Waals surface area contributed by atoms with Crippen LogP contribution in [0.1, 0.15) is 23.7 Å². The summed E-state index contributed by atoms with van der Waals surface area (Å²) in [5.41, 5.74) is 1.53. The summed E-state index contributed by atoms with van der Waals surface area (Å²) < 4.78 is 11.5. The zero-order valence-corrected chi connectivity index (χ0v) is 14.4. The maximum Gasteiger partial charge on any atom is 0.235 e. The molecule has 1 aliphatic rings. The van der Waals surface area contributed by atoms with Gasteiger partial charge in [-0.3, -0.25) is 0 Å². The Bertz CT molecular complexity index is 992. The number of oxime groups is 1. The molecule has 5 heteroatoms. The van der Waals surface area contributed by atoms with Crippen molar-refractivity contribution in [2.24, 2.45) is 5.16 Å². The van der Waals surface area contributed by atoms with E-state index >= 15 is 0 Å². The molecule has 0 aromatic heterocycles. The van der Waals surface area contributed by atoms with Crippen LogP contribution in [0.2, 0.25) is 0 Å². The van der Waals surface area contributed by atoms with Gasteiger partial charge >= 0.3 is 0 Å². The van der Waals surface area contributed by atoms with Crippen molar-refractivity contribution in [3.63, 3.8) is 0 Å². The zero-order valence-electron chi connectivity index (χ0n) is 14.4. The second kappa shape index (κ2) is 7.63. The number of hydrogen-bond acceptors (Lipinski definition) is 5. The van der Waals surface area contributed by atoms with E-state index in [4.69, 9.17) is 19.6 Å². The first kappa shape index (κ1) is 16.7. The fourth-order valence-electron chi connectivity index (χ4n) is 2.73. The molecule has 0 amide bonds. The first-order chi connectivity index (χ1) is 13.3. The minimum atomic E-state index is -0.204. The summed E-state index contributed by atoms with van der Waals surface area (Å²) in [5.74, 6) is 2.61. The number of nitriles is 1. The molecule has 0 spiro atoms. The van der Waals surface area contributed by atoms with E-state index in [9.17, 15) is 0 Å². The molecule has 132 valence electrons. The van der Waals surface area contributed by atoms with Crippen molar-refractivity contribution < 1.29 is 14.3 Å². The Labute approximate surface area is 157 Å². The largest absolute Gasteiger partial charge is 0.457 e. The van der Waals surface area contributed by atoms with Gasteiger partial charge in [0.25, 0.3) is 0 Å². The zero-order chi connectivity index (χ0) is 18.5. The molecule has 1 atom stereocenters. The van der Waals surface area contributed by atoms with E-state index in [1.165, 1.54) is 0 Å². The topological polar surface area (TPSA) is 63.8 Å². The molecule has 0 aliphatic carbocycles. The highest BCUT2D eigenvalue weighted by atomic mass is 16.7. The van der Waals surface area contributed by atoms with E-state index in [1.54, 1.807) is 24.3 Å². The lowest BCUT2D eigenvalue weighted by Crippen LogP contribution is -2.07. The van der Waals surface area contributed by atoms with Gasteiger partial charge in [0.15, 0.2) is 6.10 Å². The summed E-state index contributed by atoms with van der Waals surface area (Å²) in [7, 11) is 0. The van der Waals surface area contributed by atoms with Crippen LogP contribution in [0.4, 0.5) is 0 Å². The molecule has 4 rings (SSSR count). The summed E-state index contributed by atoms with van der Waals surface area (Å²) in [5, 5.41) is 13.0. The second-order valence-electron chi connectivity index (χ2n) is 6.01. The third kappa shape index (κ3) is 4.07. The summed E-state index contributed by atoms with van der Waals surface area (Å²) >= 11 is 0. The van der Waals surface area contributed by atoms with E-state index < -0.39 is 0 Å². The van der Waals surface area contributed by atoms with Gasteiger partial charge in [-0.15, -0.1) is 0 Å². The van der Waals surface area contributed by atoms with Crippen LogP contribution >= 0.6 is 0 Å². The molecule has 0 N–H and O–H groups in total. The van der Waals surface area contributed by atoms with Crippen LogP contribution in [0.5, 0.6) is 17.2 Å². The molecule has 0 fully saturated rings. The summed E-state index contributed by atoms with van der Waals surface area (Å²) in [6.07, 6.45) is 0.320. The van der Waals surface area contributed by atoms with E-state index in [1.807, 2.05) is 54.6 Å². The van der Waals surface area contributed by atoms with E-state index in [0.717, 1.165) is 17.1 Å². The Morgan fingerprint density at radius 3 is 2.37 bits per heavy atom. The molecule has 0 saturated heterocycles. The van der Waals surface area contributed by atoms with Crippen LogP contribution in [-0.2, 0) is 4.84 Å². The number of nitrogens with zero attached hydrogens (tertiary/aromatic N) is 2. The van der Waals surface area contributed by atoms with Gasteiger partial charge in [0.2, 0.25) is 5.90 Å². The molecular weight excluding hydrogens is 340 g/mol. The molecule has 3 aromatic rings. The number of rotatable bonds is 4. The molecule has 3 aromatic carbocycles. The smallest absolute Gasteiger partial charge is 0.235 e. The van der Waals surface area contributed by atoms with Crippen LogP contribution in [0.15, 0.2) is 84.0 Å². The SMILES string of the molecule is N#Cc1cccc(OC2=NO[C@@H](c3ccc(Oc4ccccc4)cc3)C2)c1. The normalized spacial score (nSPS) is 15.4. The average Bonchev–Trinajstić information content (AvgIpc) is 3.18. The first-order valence-electron chi connectivity index (χ1n) is 8.54. The Morgan fingerprint density at radius 2 is 1.59 bits per heavy atom. The quantitative estimate of drug-likeness (QED) is 0.644. The lowest BCUT2D eigenvalue weighted by Gasteiger charge is -2.10. The second-order valence-corrected chi connectivity index (χ2v) is 6.01. The van der Waals surface area contributed by atoms with Crippen molar-refractivity contribution in [1.82, 2.24) is 0 Å². The van der Waals surface area contributed by atoms with E-state index in [-0.39, 0.29) is 6.10 Å². The number of ether oxygens (including phenoxy) is 2. The van der Waals surface area contributed by atoms with Crippen LogP contribution in [0, 0.1) is 11.3 Å². The predicted molar refractivity (Wildman–Crippen MR) is 101 cm³/mol. The fourth-order valence-corrected chi connectivity index (χ4v) is 2.73. The number of benzene rings is 3. The fraction of sp³-hybridized carbons (Fsp3) is 0.0909. The highest BCUT2D eigenvalue weighted by Gasteiger charge is 2.24. The third-order valence-electron chi connectivity index (χ3n) is 4.07. The van der Waals surface area contributed by atoms with Gasteiger partial charge in [0, 0.05) is 0 Å². The van der Waals surface area contributed by atoms with Gasteiger partial charge in [-0.25, -0.2) is 0 Å². The highest BCUT2D eigenvalue weighted by Crippen LogP contribution is 2.30. The van der Waals surface area contributed by atoms with Crippen molar-refractivity contribution in [2.75, 3.05) is 0 Å². The van der Waals surface area contributed by atoms with Crippen LogP contribution in [0.3, 0.4) is 0 Å². The number of hydrogen-bond donors (Lipinski definition) is 0. The van der Waals surface area contributed by atoms with Crippen molar-refractivity contribution in [1.29, 1.82) is 5.26 Å². The molecular formula is C22H16N2O3. The molecule has 0 bridgehead atoms. The third-order valence-corrected chi connectivity index (χ3v) is 4.07. The van der Waals surface area contributed by atoms with Crippen molar-refractivity contribution in [2.45, 2.75) is 12.5 Å². The molecule has 27 heavy (non-hydrogen) atoms. The van der Waals surface area contributed by atoms with Crippen LogP contribution < -0.4 is 9.47 Å². The molecule has 1 aliphatic heterocycles. The Hall–Kier alpha value is -3.78. The van der Waals surface area contributed by atoms with E-state index in [2.05, 4.69) is 11.2 Å². The lowest BCUT2D eigenvalue weighted by atomic mass is 10.1. The Morgan fingerprint density at radius 1 is 0.852 bits per heavy atom. The van der Waals surface area contributed by atoms with Crippen molar-refractivity contribution in [3.05, 3.63) is 90.0 Å². The minimum Gasteiger partial charge on any atom is -0.457 e. The summed E-state index contributed by atoms with van der Waals surface area (Å²) in [6.45, 7) is 0.